The molecule has 0 saturated carbocycles. The summed E-state index contributed by atoms with van der Waals surface area (Å²) >= 11 is 0. The van der Waals surface area contributed by atoms with Crippen LogP contribution < -0.4 is 22.9 Å². The van der Waals surface area contributed by atoms with Gasteiger partial charge in [0.25, 0.3) is 0 Å². The van der Waals surface area contributed by atoms with Gasteiger partial charge in [0.05, 0.1) is 6.33 Å². The third-order valence-electron chi connectivity index (χ3n) is 6.39. The Bertz CT molecular complexity index is 1340. The van der Waals surface area contributed by atoms with Gasteiger partial charge in [0, 0.05) is 47.0 Å². The summed E-state index contributed by atoms with van der Waals surface area (Å²) in [6.07, 6.45) is 4.20. The van der Waals surface area contributed by atoms with Crippen LogP contribution >= 0.6 is 0 Å². The van der Waals surface area contributed by atoms with Crippen LogP contribution in [0.4, 0.5) is 22.7 Å². The van der Waals surface area contributed by atoms with E-state index in [-0.39, 0.29) is 5.92 Å². The average molecular weight is 461 g/mol. The Morgan fingerprint density at radius 2 is 1.06 bits per heavy atom. The van der Waals surface area contributed by atoms with Crippen molar-refractivity contribution in [3.63, 3.8) is 0 Å². The van der Waals surface area contributed by atoms with Crippen LogP contribution in [-0.4, -0.2) is 9.97 Å². The van der Waals surface area contributed by atoms with Gasteiger partial charge in [-0.2, -0.15) is 0 Å². The molecule has 4 aromatic carbocycles. The van der Waals surface area contributed by atoms with E-state index in [0.29, 0.717) is 17.8 Å². The molecule has 0 fully saturated rings. The van der Waals surface area contributed by atoms with Gasteiger partial charge in [-0.3, -0.25) is 0 Å². The summed E-state index contributed by atoms with van der Waals surface area (Å²) in [7, 11) is 0. The van der Waals surface area contributed by atoms with Gasteiger partial charge in [-0.15, -0.1) is 0 Å². The maximum atomic E-state index is 6.57. The molecule has 174 valence electrons. The smallest absolute Gasteiger partial charge is 0.0921 e. The highest BCUT2D eigenvalue weighted by Gasteiger charge is 2.22. The standard InChI is InChI=1S/C29H28N6/c30-22-7-1-18(2-8-22)20-5-11-28(32)26(13-20)25(15-24-16-34-17-35-24)27-14-21(6-12-29(27)33)19-3-9-23(31)10-4-19/h1-14,16-17,25H,15,30-33H2,(H,34,35). The van der Waals surface area contributed by atoms with Crippen LogP contribution in [0.15, 0.2) is 97.5 Å². The zero-order valence-corrected chi connectivity index (χ0v) is 19.3. The number of nitrogens with one attached hydrogen (secondary N) is 1. The fourth-order valence-electron chi connectivity index (χ4n) is 4.47. The third-order valence-corrected chi connectivity index (χ3v) is 6.39. The van der Waals surface area contributed by atoms with Crippen LogP contribution in [0, 0.1) is 0 Å². The number of nitrogens with two attached hydrogens (primary N) is 4. The minimum absolute atomic E-state index is 0.0853. The number of hydrogen-bond acceptors (Lipinski definition) is 5. The van der Waals surface area contributed by atoms with E-state index in [1.54, 1.807) is 6.33 Å². The summed E-state index contributed by atoms with van der Waals surface area (Å²) in [5.41, 5.74) is 35.1. The molecule has 5 rings (SSSR count). The van der Waals surface area contributed by atoms with Gasteiger partial charge < -0.3 is 27.9 Å². The Morgan fingerprint density at radius 3 is 1.49 bits per heavy atom. The van der Waals surface area contributed by atoms with Crippen molar-refractivity contribution < 1.29 is 0 Å². The molecule has 0 aliphatic heterocycles. The second-order valence-electron chi connectivity index (χ2n) is 8.76. The van der Waals surface area contributed by atoms with Gasteiger partial charge in [-0.1, -0.05) is 36.4 Å². The number of rotatable bonds is 6. The topological polar surface area (TPSA) is 133 Å². The Labute approximate surface area is 204 Å². The molecule has 0 bridgehead atoms. The molecule has 6 heteroatoms. The van der Waals surface area contributed by atoms with E-state index in [1.807, 2.05) is 79.0 Å². The van der Waals surface area contributed by atoms with E-state index < -0.39 is 0 Å². The number of hydrogen-bond donors (Lipinski definition) is 5. The third kappa shape index (κ3) is 4.68. The molecule has 5 aromatic rings. The van der Waals surface area contributed by atoms with Gasteiger partial charge in [0.2, 0.25) is 0 Å². The molecule has 1 aromatic heterocycles. The summed E-state index contributed by atoms with van der Waals surface area (Å²) in [6, 6.07) is 28.0. The van der Waals surface area contributed by atoms with Crippen molar-refractivity contribution in [2.75, 3.05) is 22.9 Å². The van der Waals surface area contributed by atoms with E-state index in [2.05, 4.69) is 22.1 Å². The first kappa shape index (κ1) is 22.1. The summed E-state index contributed by atoms with van der Waals surface area (Å²) < 4.78 is 0. The Morgan fingerprint density at radius 1 is 0.600 bits per heavy atom. The van der Waals surface area contributed by atoms with Crippen molar-refractivity contribution in [2.45, 2.75) is 12.3 Å². The number of aromatic nitrogens is 2. The zero-order chi connectivity index (χ0) is 24.4. The quantitative estimate of drug-likeness (QED) is 0.215. The minimum atomic E-state index is -0.0853. The van der Waals surface area contributed by atoms with Gasteiger partial charge >= 0.3 is 0 Å². The lowest BCUT2D eigenvalue weighted by Gasteiger charge is -2.23. The van der Waals surface area contributed by atoms with E-state index in [4.69, 9.17) is 22.9 Å². The van der Waals surface area contributed by atoms with E-state index in [0.717, 1.165) is 50.4 Å². The van der Waals surface area contributed by atoms with Gasteiger partial charge in [-0.25, -0.2) is 4.98 Å². The summed E-state index contributed by atoms with van der Waals surface area (Å²) in [4.78, 5) is 7.44. The predicted molar refractivity (Wildman–Crippen MR) is 146 cm³/mol. The number of benzene rings is 4. The van der Waals surface area contributed by atoms with Gasteiger partial charge in [0.1, 0.15) is 0 Å². The molecule has 0 atom stereocenters. The maximum absolute atomic E-state index is 6.57. The molecule has 0 aliphatic rings. The van der Waals surface area contributed by atoms with Crippen molar-refractivity contribution in [1.29, 1.82) is 0 Å². The number of nitrogen functional groups attached to an aromatic ring is 4. The monoisotopic (exact) mass is 460 g/mol. The molecular formula is C29H28N6. The molecule has 1 heterocycles. The number of anilines is 4. The van der Waals surface area contributed by atoms with Crippen LogP contribution in [0.25, 0.3) is 22.3 Å². The van der Waals surface area contributed by atoms with Crippen molar-refractivity contribution in [3.05, 3.63) is 114 Å². The first-order chi connectivity index (χ1) is 17.0. The van der Waals surface area contributed by atoms with Crippen LogP contribution in [0.3, 0.4) is 0 Å². The van der Waals surface area contributed by atoms with Gasteiger partial charge in [-0.05, 0) is 81.9 Å². The molecule has 0 unspecified atom stereocenters. The Kier molecular flexibility index (Phi) is 5.85. The lowest BCUT2D eigenvalue weighted by molar-refractivity contribution is 0.793. The van der Waals surface area contributed by atoms with Crippen LogP contribution in [-0.2, 0) is 6.42 Å². The fourth-order valence-corrected chi connectivity index (χ4v) is 4.47. The number of nitrogens with zero attached hydrogens (tertiary/aromatic N) is 1. The second-order valence-corrected chi connectivity index (χ2v) is 8.76. The minimum Gasteiger partial charge on any atom is -0.399 e. The van der Waals surface area contributed by atoms with Crippen molar-refractivity contribution in [1.82, 2.24) is 9.97 Å². The lowest BCUT2D eigenvalue weighted by Crippen LogP contribution is -2.11. The highest BCUT2D eigenvalue weighted by molar-refractivity contribution is 5.73. The summed E-state index contributed by atoms with van der Waals surface area (Å²) in [6.45, 7) is 0. The van der Waals surface area contributed by atoms with Gasteiger partial charge in [0.15, 0.2) is 0 Å². The first-order valence-corrected chi connectivity index (χ1v) is 11.5. The van der Waals surface area contributed by atoms with Crippen LogP contribution in [0.2, 0.25) is 0 Å². The molecule has 35 heavy (non-hydrogen) atoms. The molecular weight excluding hydrogens is 432 g/mol. The molecule has 0 aliphatic carbocycles. The largest absolute Gasteiger partial charge is 0.399 e. The Balaban J connectivity index is 1.64. The van der Waals surface area contributed by atoms with Crippen molar-refractivity contribution in [2.24, 2.45) is 0 Å². The predicted octanol–water partition coefficient (Wildman–Crippen LogP) is 5.45. The van der Waals surface area contributed by atoms with Crippen LogP contribution in [0.1, 0.15) is 22.7 Å². The van der Waals surface area contributed by atoms with E-state index >= 15 is 0 Å². The molecule has 6 nitrogen and oxygen atoms in total. The first-order valence-electron chi connectivity index (χ1n) is 11.5. The van der Waals surface area contributed by atoms with E-state index in [1.165, 1.54) is 0 Å². The normalized spacial score (nSPS) is 11.1. The maximum Gasteiger partial charge on any atom is 0.0921 e. The highest BCUT2D eigenvalue weighted by atomic mass is 14.9. The number of H-pyrrole nitrogens is 1. The molecule has 0 spiro atoms. The Hall–Kier alpha value is -4.71. The second kappa shape index (κ2) is 9.27. The molecule has 0 amide bonds. The van der Waals surface area contributed by atoms with Crippen molar-refractivity contribution >= 4 is 22.7 Å². The van der Waals surface area contributed by atoms with Crippen molar-refractivity contribution in [3.8, 4) is 22.3 Å². The SMILES string of the molecule is Nc1ccc(-c2ccc(N)c(C(Cc3cnc[nH]3)c3cc(-c4ccc(N)cc4)ccc3N)c2)cc1. The zero-order valence-electron chi connectivity index (χ0n) is 19.3. The van der Waals surface area contributed by atoms with E-state index in [9.17, 15) is 0 Å². The highest BCUT2D eigenvalue weighted by Crippen LogP contribution is 2.39. The average Bonchev–Trinajstić information content (AvgIpc) is 3.38. The number of imidazole rings is 1. The molecule has 0 radical (unpaired) electrons. The molecule has 9 N–H and O–H groups in total. The summed E-state index contributed by atoms with van der Waals surface area (Å²) in [5, 5.41) is 0. The number of aromatic amines is 1. The lowest BCUT2D eigenvalue weighted by atomic mass is 9.83. The molecule has 0 saturated heterocycles. The van der Waals surface area contributed by atoms with Crippen LogP contribution in [0.5, 0.6) is 0 Å². The fraction of sp³-hybridized carbons (Fsp3) is 0.0690. The summed E-state index contributed by atoms with van der Waals surface area (Å²) in [5.74, 6) is -0.0853.